The Bertz CT molecular complexity index is 412. The quantitative estimate of drug-likeness (QED) is 0.676. The van der Waals surface area contributed by atoms with Gasteiger partial charge in [0.15, 0.2) is 0 Å². The van der Waals surface area contributed by atoms with Crippen molar-refractivity contribution in [3.8, 4) is 0 Å². The predicted octanol–water partition coefficient (Wildman–Crippen LogP) is 2.90. The maximum atomic E-state index is 11.2. The van der Waals surface area contributed by atoms with Crippen molar-refractivity contribution >= 4 is 11.7 Å². The predicted molar refractivity (Wildman–Crippen MR) is 76.7 cm³/mol. The van der Waals surface area contributed by atoms with Gasteiger partial charge in [-0.2, -0.15) is 0 Å². The van der Waals surface area contributed by atoms with Crippen molar-refractivity contribution < 1.29 is 15.0 Å². The average molecular weight is 265 g/mol. The minimum absolute atomic E-state index is 0.173. The van der Waals surface area contributed by atoms with E-state index in [4.69, 9.17) is 5.11 Å². The Morgan fingerprint density at radius 2 is 2.11 bits per heavy atom. The van der Waals surface area contributed by atoms with Gasteiger partial charge in [0.2, 0.25) is 0 Å². The SMILES string of the molecule is CCCC(CCO)CNc1c(C)cccc1C(=O)O. The largest absolute Gasteiger partial charge is 0.478 e. The molecule has 0 aliphatic carbocycles. The van der Waals surface area contributed by atoms with Crippen molar-refractivity contribution in [2.75, 3.05) is 18.5 Å². The normalized spacial score (nSPS) is 12.2. The van der Waals surface area contributed by atoms with Crippen LogP contribution in [-0.2, 0) is 0 Å². The molecule has 1 aromatic carbocycles. The lowest BCUT2D eigenvalue weighted by Crippen LogP contribution is -2.18. The molecular formula is C15H23NO3. The fourth-order valence-corrected chi connectivity index (χ4v) is 2.27. The molecule has 0 amide bonds. The monoisotopic (exact) mass is 265 g/mol. The highest BCUT2D eigenvalue weighted by molar-refractivity contribution is 5.95. The van der Waals surface area contributed by atoms with Gasteiger partial charge >= 0.3 is 5.97 Å². The Kier molecular flexibility index (Phi) is 6.36. The van der Waals surface area contributed by atoms with E-state index < -0.39 is 5.97 Å². The summed E-state index contributed by atoms with van der Waals surface area (Å²) in [6.45, 7) is 4.88. The highest BCUT2D eigenvalue weighted by Crippen LogP contribution is 2.22. The molecule has 0 aliphatic heterocycles. The summed E-state index contributed by atoms with van der Waals surface area (Å²) in [5.74, 6) is -0.545. The number of aryl methyl sites for hydroxylation is 1. The first-order valence-corrected chi connectivity index (χ1v) is 6.77. The van der Waals surface area contributed by atoms with Crippen LogP contribution in [0.1, 0.15) is 42.1 Å². The van der Waals surface area contributed by atoms with Crippen molar-refractivity contribution in [2.45, 2.75) is 33.1 Å². The van der Waals surface area contributed by atoms with E-state index in [1.165, 1.54) is 0 Å². The lowest BCUT2D eigenvalue weighted by atomic mass is 9.99. The number of carboxylic acid groups (broad SMARTS) is 1. The number of aliphatic hydroxyl groups excluding tert-OH is 1. The summed E-state index contributed by atoms with van der Waals surface area (Å²) in [6.07, 6.45) is 2.84. The van der Waals surface area contributed by atoms with Crippen molar-refractivity contribution in [1.29, 1.82) is 0 Å². The summed E-state index contributed by atoms with van der Waals surface area (Å²) >= 11 is 0. The second-order valence-corrected chi connectivity index (χ2v) is 4.85. The molecule has 1 atom stereocenters. The Labute approximate surface area is 114 Å². The number of hydrogen-bond donors (Lipinski definition) is 3. The van der Waals surface area contributed by atoms with E-state index in [9.17, 15) is 9.90 Å². The summed E-state index contributed by atoms with van der Waals surface area (Å²) < 4.78 is 0. The molecule has 4 nitrogen and oxygen atoms in total. The molecule has 0 heterocycles. The number of benzene rings is 1. The summed E-state index contributed by atoms with van der Waals surface area (Å²) in [6, 6.07) is 5.26. The van der Waals surface area contributed by atoms with Crippen LogP contribution in [-0.4, -0.2) is 29.3 Å². The van der Waals surface area contributed by atoms with E-state index in [-0.39, 0.29) is 6.61 Å². The van der Waals surface area contributed by atoms with Crippen LogP contribution in [0.25, 0.3) is 0 Å². The van der Waals surface area contributed by atoms with Gasteiger partial charge in [0, 0.05) is 13.2 Å². The molecular weight excluding hydrogens is 242 g/mol. The molecule has 0 fully saturated rings. The van der Waals surface area contributed by atoms with Gasteiger partial charge in [-0.25, -0.2) is 4.79 Å². The van der Waals surface area contributed by atoms with E-state index in [0.717, 1.165) is 24.8 Å². The van der Waals surface area contributed by atoms with Gasteiger partial charge in [-0.1, -0.05) is 25.5 Å². The number of carboxylic acids is 1. The summed E-state index contributed by atoms with van der Waals surface area (Å²) in [5, 5.41) is 21.5. The van der Waals surface area contributed by atoms with E-state index >= 15 is 0 Å². The molecule has 106 valence electrons. The van der Waals surface area contributed by atoms with Gasteiger partial charge in [-0.3, -0.25) is 0 Å². The number of rotatable bonds is 8. The zero-order valence-corrected chi connectivity index (χ0v) is 11.6. The highest BCUT2D eigenvalue weighted by atomic mass is 16.4. The Morgan fingerprint density at radius 3 is 2.68 bits per heavy atom. The van der Waals surface area contributed by atoms with Crippen LogP contribution in [0.4, 0.5) is 5.69 Å². The first kappa shape index (κ1) is 15.5. The maximum Gasteiger partial charge on any atom is 0.337 e. The molecule has 3 N–H and O–H groups in total. The minimum Gasteiger partial charge on any atom is -0.478 e. The second-order valence-electron chi connectivity index (χ2n) is 4.85. The molecule has 0 bridgehead atoms. The topological polar surface area (TPSA) is 69.6 Å². The molecule has 4 heteroatoms. The summed E-state index contributed by atoms with van der Waals surface area (Å²) in [7, 11) is 0. The molecule has 1 unspecified atom stereocenters. The molecule has 1 rings (SSSR count). The smallest absolute Gasteiger partial charge is 0.337 e. The third-order valence-electron chi connectivity index (χ3n) is 3.30. The number of aromatic carboxylic acids is 1. The zero-order valence-electron chi connectivity index (χ0n) is 11.6. The fraction of sp³-hybridized carbons (Fsp3) is 0.533. The number of nitrogens with one attached hydrogen (secondary N) is 1. The Morgan fingerprint density at radius 1 is 1.37 bits per heavy atom. The third-order valence-corrected chi connectivity index (χ3v) is 3.30. The number of aliphatic hydroxyl groups is 1. The number of carbonyl (C=O) groups is 1. The third kappa shape index (κ3) is 4.56. The van der Waals surface area contributed by atoms with Crippen LogP contribution in [0.3, 0.4) is 0 Å². The molecule has 0 radical (unpaired) electrons. The molecule has 0 aliphatic rings. The van der Waals surface area contributed by atoms with Crippen LogP contribution in [0, 0.1) is 12.8 Å². The summed E-state index contributed by atoms with van der Waals surface area (Å²) in [4.78, 5) is 11.2. The maximum absolute atomic E-state index is 11.2. The van der Waals surface area contributed by atoms with Crippen LogP contribution in [0.2, 0.25) is 0 Å². The molecule has 19 heavy (non-hydrogen) atoms. The van der Waals surface area contributed by atoms with Crippen molar-refractivity contribution in [1.82, 2.24) is 0 Å². The summed E-state index contributed by atoms with van der Waals surface area (Å²) in [5.41, 5.74) is 1.92. The molecule has 1 aromatic rings. The standard InChI is InChI=1S/C15H23NO3/c1-3-5-12(8-9-17)10-16-14-11(2)6-4-7-13(14)15(18)19/h4,6-7,12,16-17H,3,5,8-10H2,1-2H3,(H,18,19). The molecule has 0 aromatic heterocycles. The van der Waals surface area contributed by atoms with E-state index in [2.05, 4.69) is 12.2 Å². The highest BCUT2D eigenvalue weighted by Gasteiger charge is 2.13. The van der Waals surface area contributed by atoms with Gasteiger partial charge in [-0.05, 0) is 37.3 Å². The van der Waals surface area contributed by atoms with Gasteiger partial charge in [0.1, 0.15) is 0 Å². The van der Waals surface area contributed by atoms with Gasteiger partial charge in [0.25, 0.3) is 0 Å². The van der Waals surface area contributed by atoms with Gasteiger partial charge in [0.05, 0.1) is 11.3 Å². The zero-order chi connectivity index (χ0) is 14.3. The van der Waals surface area contributed by atoms with Gasteiger partial charge in [-0.15, -0.1) is 0 Å². The minimum atomic E-state index is -0.916. The van der Waals surface area contributed by atoms with E-state index in [1.54, 1.807) is 12.1 Å². The van der Waals surface area contributed by atoms with Crippen LogP contribution >= 0.6 is 0 Å². The lowest BCUT2D eigenvalue weighted by molar-refractivity contribution is 0.0697. The van der Waals surface area contributed by atoms with E-state index in [1.807, 2.05) is 13.0 Å². The van der Waals surface area contributed by atoms with Crippen LogP contribution in [0.15, 0.2) is 18.2 Å². The number of hydrogen-bond acceptors (Lipinski definition) is 3. The Hall–Kier alpha value is -1.55. The molecule has 0 saturated carbocycles. The van der Waals surface area contributed by atoms with Crippen molar-refractivity contribution in [3.63, 3.8) is 0 Å². The van der Waals surface area contributed by atoms with Crippen molar-refractivity contribution in [2.24, 2.45) is 5.92 Å². The first-order valence-electron chi connectivity index (χ1n) is 6.77. The van der Waals surface area contributed by atoms with Crippen molar-refractivity contribution in [3.05, 3.63) is 29.3 Å². The lowest BCUT2D eigenvalue weighted by Gasteiger charge is -2.19. The van der Waals surface area contributed by atoms with Crippen LogP contribution < -0.4 is 5.32 Å². The molecule has 0 spiro atoms. The second kappa shape index (κ2) is 7.79. The fourth-order valence-electron chi connectivity index (χ4n) is 2.27. The van der Waals surface area contributed by atoms with Gasteiger partial charge < -0.3 is 15.5 Å². The number of anilines is 1. The molecule has 0 saturated heterocycles. The van der Waals surface area contributed by atoms with E-state index in [0.29, 0.717) is 23.7 Å². The number of para-hydroxylation sites is 1. The Balaban J connectivity index is 2.78. The van der Waals surface area contributed by atoms with Crippen LogP contribution in [0.5, 0.6) is 0 Å². The first-order chi connectivity index (χ1) is 9.10. The average Bonchev–Trinajstić information content (AvgIpc) is 2.37.